The highest BCUT2D eigenvalue weighted by Gasteiger charge is 2.06. The molecule has 0 aromatic heterocycles. The number of halogens is 1. The molecular formula is C18H20ClN3O4. The van der Waals surface area contributed by atoms with Crippen molar-refractivity contribution in [3.05, 3.63) is 53.1 Å². The van der Waals surface area contributed by atoms with Crippen LogP contribution in [0.15, 0.2) is 47.6 Å². The quantitative estimate of drug-likeness (QED) is 0.398. The Morgan fingerprint density at radius 2 is 1.88 bits per heavy atom. The summed E-state index contributed by atoms with van der Waals surface area (Å²) in [5.41, 5.74) is 7.79. The molecule has 0 spiro atoms. The van der Waals surface area contributed by atoms with E-state index in [0.717, 1.165) is 5.56 Å². The molecule has 0 aliphatic heterocycles. The minimum atomic E-state index is -0.729. The summed E-state index contributed by atoms with van der Waals surface area (Å²) in [6.07, 6.45) is 2.13. The third kappa shape index (κ3) is 6.18. The molecule has 0 fully saturated rings. The Balaban J connectivity index is 1.82. The number of benzene rings is 2. The zero-order chi connectivity index (χ0) is 18.8. The van der Waals surface area contributed by atoms with Gasteiger partial charge in [0.1, 0.15) is 5.75 Å². The number of urea groups is 1. The van der Waals surface area contributed by atoms with Gasteiger partial charge in [-0.3, -0.25) is 0 Å². The van der Waals surface area contributed by atoms with Crippen LogP contribution in [0.2, 0.25) is 5.02 Å². The molecule has 0 heterocycles. The summed E-state index contributed by atoms with van der Waals surface area (Å²) in [4.78, 5) is 10.6. The molecule has 0 unspecified atom stereocenters. The zero-order valence-electron chi connectivity index (χ0n) is 14.3. The number of hydrogen-bond acceptors (Lipinski definition) is 5. The first-order chi connectivity index (χ1) is 12.6. The van der Waals surface area contributed by atoms with Crippen LogP contribution in [0.5, 0.6) is 17.2 Å². The summed E-state index contributed by atoms with van der Waals surface area (Å²) in [5.74, 6) is 1.81. The third-order valence-electron chi connectivity index (χ3n) is 3.22. The van der Waals surface area contributed by atoms with Crippen LogP contribution in [0.4, 0.5) is 4.79 Å². The highest BCUT2D eigenvalue weighted by molar-refractivity contribution is 6.32. The summed E-state index contributed by atoms with van der Waals surface area (Å²) < 4.78 is 16.6. The largest absolute Gasteiger partial charge is 0.493 e. The minimum absolute atomic E-state index is 0.456. The summed E-state index contributed by atoms with van der Waals surface area (Å²) in [6, 6.07) is 11.9. The smallest absolute Gasteiger partial charge is 0.332 e. The molecule has 2 aromatic rings. The van der Waals surface area contributed by atoms with E-state index in [9.17, 15) is 4.79 Å². The van der Waals surface area contributed by atoms with Crippen LogP contribution in [-0.4, -0.2) is 32.6 Å². The fourth-order valence-electron chi connectivity index (χ4n) is 2.04. The van der Waals surface area contributed by atoms with E-state index in [2.05, 4.69) is 10.5 Å². The van der Waals surface area contributed by atoms with Crippen LogP contribution < -0.4 is 25.4 Å². The standard InChI is InChI=1S/C18H20ClN3O4/c1-24-17-11-13(12-21-22-18(20)23)7-8-16(17)26-10-4-9-25-15-6-3-2-5-14(15)19/h2-3,5-8,11-12H,4,9-10H2,1H3,(H3,20,22,23)/b21-12-. The number of primary amides is 1. The van der Waals surface area contributed by atoms with Gasteiger partial charge in [0, 0.05) is 6.42 Å². The summed E-state index contributed by atoms with van der Waals surface area (Å²) in [5, 5.41) is 4.28. The molecule has 2 amide bonds. The molecule has 26 heavy (non-hydrogen) atoms. The van der Waals surface area contributed by atoms with E-state index in [1.54, 1.807) is 31.4 Å². The van der Waals surface area contributed by atoms with E-state index in [0.29, 0.717) is 41.9 Å². The topological polar surface area (TPSA) is 95.2 Å². The van der Waals surface area contributed by atoms with Crippen molar-refractivity contribution in [3.8, 4) is 17.2 Å². The van der Waals surface area contributed by atoms with Crippen molar-refractivity contribution < 1.29 is 19.0 Å². The Hall–Kier alpha value is -2.93. The van der Waals surface area contributed by atoms with Crippen LogP contribution in [0.3, 0.4) is 0 Å². The molecule has 0 bridgehead atoms. The first kappa shape index (κ1) is 19.4. The maximum atomic E-state index is 10.6. The Kier molecular flexibility index (Phi) is 7.57. The van der Waals surface area contributed by atoms with Gasteiger partial charge in [-0.2, -0.15) is 5.10 Å². The average Bonchev–Trinajstić information content (AvgIpc) is 2.63. The normalized spacial score (nSPS) is 10.5. The summed E-state index contributed by atoms with van der Waals surface area (Å²) in [6.45, 7) is 0.938. The molecule has 0 saturated heterocycles. The maximum absolute atomic E-state index is 10.6. The minimum Gasteiger partial charge on any atom is -0.493 e. The summed E-state index contributed by atoms with van der Waals surface area (Å²) in [7, 11) is 1.55. The molecule has 0 aliphatic rings. The van der Waals surface area contributed by atoms with E-state index in [4.69, 9.17) is 31.5 Å². The van der Waals surface area contributed by atoms with Gasteiger partial charge in [-0.05, 0) is 35.9 Å². The van der Waals surface area contributed by atoms with Crippen molar-refractivity contribution in [3.63, 3.8) is 0 Å². The molecule has 0 aliphatic carbocycles. The second-order valence-electron chi connectivity index (χ2n) is 5.13. The number of amides is 2. The van der Waals surface area contributed by atoms with Gasteiger partial charge >= 0.3 is 6.03 Å². The second-order valence-corrected chi connectivity index (χ2v) is 5.53. The van der Waals surface area contributed by atoms with E-state index in [-0.39, 0.29) is 0 Å². The van der Waals surface area contributed by atoms with Crippen LogP contribution in [0, 0.1) is 0 Å². The molecule has 0 saturated carbocycles. The van der Waals surface area contributed by atoms with Crippen LogP contribution in [0.1, 0.15) is 12.0 Å². The van der Waals surface area contributed by atoms with Gasteiger partial charge < -0.3 is 19.9 Å². The molecule has 2 rings (SSSR count). The average molecular weight is 378 g/mol. The van der Waals surface area contributed by atoms with Crippen molar-refractivity contribution in [2.24, 2.45) is 10.8 Å². The monoisotopic (exact) mass is 377 g/mol. The number of nitrogens with two attached hydrogens (primary N) is 1. The molecule has 0 atom stereocenters. The first-order valence-corrected chi connectivity index (χ1v) is 8.24. The van der Waals surface area contributed by atoms with E-state index < -0.39 is 6.03 Å². The number of rotatable bonds is 9. The highest BCUT2D eigenvalue weighted by Crippen LogP contribution is 2.28. The predicted molar refractivity (Wildman–Crippen MR) is 100 cm³/mol. The lowest BCUT2D eigenvalue weighted by molar-refractivity contribution is 0.240. The molecule has 8 heteroatoms. The van der Waals surface area contributed by atoms with Gasteiger partial charge in [0.15, 0.2) is 11.5 Å². The number of para-hydroxylation sites is 1. The SMILES string of the molecule is COc1cc(/C=N\NC(N)=O)ccc1OCCCOc1ccccc1Cl. The Labute approximate surface area is 156 Å². The molecule has 2 aromatic carbocycles. The molecule has 7 nitrogen and oxygen atoms in total. The number of nitrogens with zero attached hydrogens (tertiary/aromatic N) is 1. The second kappa shape index (κ2) is 10.1. The Morgan fingerprint density at radius 1 is 1.15 bits per heavy atom. The van der Waals surface area contributed by atoms with Gasteiger partial charge in [-0.25, -0.2) is 10.2 Å². The van der Waals surface area contributed by atoms with Gasteiger partial charge in [0.25, 0.3) is 0 Å². The van der Waals surface area contributed by atoms with Crippen LogP contribution in [-0.2, 0) is 0 Å². The molecule has 3 N–H and O–H groups in total. The first-order valence-electron chi connectivity index (χ1n) is 7.87. The lowest BCUT2D eigenvalue weighted by Gasteiger charge is -2.12. The fraction of sp³-hybridized carbons (Fsp3) is 0.222. The van der Waals surface area contributed by atoms with Crippen LogP contribution in [0.25, 0.3) is 0 Å². The molecule has 138 valence electrons. The Morgan fingerprint density at radius 3 is 2.58 bits per heavy atom. The van der Waals surface area contributed by atoms with E-state index in [1.165, 1.54) is 6.21 Å². The number of ether oxygens (including phenoxy) is 3. The van der Waals surface area contributed by atoms with Crippen LogP contribution >= 0.6 is 11.6 Å². The number of hydrogen-bond donors (Lipinski definition) is 2. The van der Waals surface area contributed by atoms with Crippen molar-refractivity contribution in [1.82, 2.24) is 5.43 Å². The maximum Gasteiger partial charge on any atom is 0.332 e. The fourth-order valence-corrected chi connectivity index (χ4v) is 2.23. The molecule has 0 radical (unpaired) electrons. The van der Waals surface area contributed by atoms with Crippen molar-refractivity contribution in [1.29, 1.82) is 0 Å². The third-order valence-corrected chi connectivity index (χ3v) is 3.53. The summed E-state index contributed by atoms with van der Waals surface area (Å²) >= 11 is 6.03. The van der Waals surface area contributed by atoms with Gasteiger partial charge in [0.05, 0.1) is 31.6 Å². The number of carbonyl (C=O) groups is 1. The Bertz CT molecular complexity index is 768. The highest BCUT2D eigenvalue weighted by atomic mass is 35.5. The number of hydrazone groups is 1. The molecular weight excluding hydrogens is 358 g/mol. The predicted octanol–water partition coefficient (Wildman–Crippen LogP) is 3.20. The number of carbonyl (C=O) groups excluding carboxylic acids is 1. The van der Waals surface area contributed by atoms with Gasteiger partial charge in [-0.15, -0.1) is 0 Å². The van der Waals surface area contributed by atoms with Crippen molar-refractivity contribution in [2.75, 3.05) is 20.3 Å². The van der Waals surface area contributed by atoms with Gasteiger partial charge in [0.2, 0.25) is 0 Å². The number of nitrogens with one attached hydrogen (secondary N) is 1. The zero-order valence-corrected chi connectivity index (χ0v) is 15.0. The lowest BCUT2D eigenvalue weighted by atomic mass is 10.2. The van der Waals surface area contributed by atoms with Gasteiger partial charge in [-0.1, -0.05) is 23.7 Å². The lowest BCUT2D eigenvalue weighted by Crippen LogP contribution is -2.24. The van der Waals surface area contributed by atoms with E-state index >= 15 is 0 Å². The van der Waals surface area contributed by atoms with E-state index in [1.807, 2.05) is 18.2 Å². The number of methoxy groups -OCH3 is 1. The van der Waals surface area contributed by atoms with Crippen molar-refractivity contribution >= 4 is 23.8 Å². The van der Waals surface area contributed by atoms with Crippen molar-refractivity contribution in [2.45, 2.75) is 6.42 Å².